The third-order valence-electron chi connectivity index (χ3n) is 6.54. The standard InChI is InChI=1S/C25H24FN7OS/c1-15-22-24(30-25(28-15)34-2)32(23(29-22)18-7-19(26)10-27-9-18)12-17-5-3-16(4-6-17)11-31-13-21-8-20(31)14-33(21)35/h3-10,21,35H,11-14H2,1-2H3. The minimum atomic E-state index is -0.419. The molecule has 0 fully saturated rings. The normalized spacial score (nSPS) is 17.4. The van der Waals surface area contributed by atoms with Crippen LogP contribution in [0.5, 0.6) is 6.01 Å². The molecule has 0 amide bonds. The van der Waals surface area contributed by atoms with Crippen LogP contribution in [-0.2, 0) is 13.1 Å². The number of hydrogen-bond donors (Lipinski definition) is 1. The second-order valence-electron chi connectivity index (χ2n) is 8.90. The zero-order valence-corrected chi connectivity index (χ0v) is 20.3. The molecule has 0 spiro atoms. The van der Waals surface area contributed by atoms with Crippen molar-refractivity contribution in [2.45, 2.75) is 26.1 Å². The number of hydrogen-bond acceptors (Lipinski definition) is 8. The van der Waals surface area contributed by atoms with E-state index in [2.05, 4.69) is 67.3 Å². The van der Waals surface area contributed by atoms with Gasteiger partial charge in [-0.15, -0.1) is 0 Å². The Morgan fingerprint density at radius 3 is 2.51 bits per heavy atom. The Morgan fingerprint density at radius 2 is 1.86 bits per heavy atom. The van der Waals surface area contributed by atoms with Gasteiger partial charge in [0.25, 0.3) is 0 Å². The summed E-state index contributed by atoms with van der Waals surface area (Å²) >= 11 is 4.51. The molecule has 0 saturated heterocycles. The highest BCUT2D eigenvalue weighted by Gasteiger charge is 2.34. The number of rotatable bonds is 6. The lowest BCUT2D eigenvalue weighted by Gasteiger charge is -2.32. The molecule has 35 heavy (non-hydrogen) atoms. The Morgan fingerprint density at radius 1 is 1.09 bits per heavy atom. The maximum atomic E-state index is 14.0. The number of fused-ring (bicyclic) bond motifs is 2. The van der Waals surface area contributed by atoms with E-state index in [0.717, 1.165) is 25.2 Å². The molecule has 3 aromatic heterocycles. The molecule has 0 saturated carbocycles. The van der Waals surface area contributed by atoms with Crippen LogP contribution in [0.2, 0.25) is 0 Å². The van der Waals surface area contributed by atoms with Gasteiger partial charge in [-0.05, 0) is 30.2 Å². The zero-order valence-electron chi connectivity index (χ0n) is 19.4. The molecule has 1 unspecified atom stereocenters. The van der Waals surface area contributed by atoms with Gasteiger partial charge in [0.2, 0.25) is 0 Å². The predicted molar refractivity (Wildman–Crippen MR) is 133 cm³/mol. The summed E-state index contributed by atoms with van der Waals surface area (Å²) in [5.41, 5.74) is 6.23. The summed E-state index contributed by atoms with van der Waals surface area (Å²) in [6.45, 7) is 5.12. The van der Waals surface area contributed by atoms with Crippen LogP contribution >= 0.6 is 12.8 Å². The molecular weight excluding hydrogens is 465 g/mol. The van der Waals surface area contributed by atoms with Gasteiger partial charge < -0.3 is 14.2 Å². The van der Waals surface area contributed by atoms with Crippen LogP contribution in [0.4, 0.5) is 4.39 Å². The summed E-state index contributed by atoms with van der Waals surface area (Å²) in [5, 5.41) is 0. The van der Waals surface area contributed by atoms with E-state index in [0.29, 0.717) is 40.8 Å². The second kappa shape index (κ2) is 8.62. The number of methoxy groups -OCH3 is 1. The van der Waals surface area contributed by atoms with E-state index >= 15 is 0 Å². The smallest absolute Gasteiger partial charge is 0.318 e. The van der Waals surface area contributed by atoms with Crippen molar-refractivity contribution in [1.82, 2.24) is 33.7 Å². The number of aryl methyl sites for hydroxylation is 1. The van der Waals surface area contributed by atoms with Crippen molar-refractivity contribution >= 4 is 24.0 Å². The average Bonchev–Trinajstić information content (AvgIpc) is 3.53. The van der Waals surface area contributed by atoms with Gasteiger partial charge >= 0.3 is 6.01 Å². The molecule has 0 radical (unpaired) electrons. The fourth-order valence-electron chi connectivity index (χ4n) is 4.77. The van der Waals surface area contributed by atoms with Crippen molar-refractivity contribution in [2.75, 3.05) is 20.2 Å². The summed E-state index contributed by atoms with van der Waals surface area (Å²) in [6, 6.07) is 10.7. The van der Waals surface area contributed by atoms with Crippen LogP contribution in [0.1, 0.15) is 16.8 Å². The second-order valence-corrected chi connectivity index (χ2v) is 9.42. The SMILES string of the molecule is COc1nc(C)c2nc(-c3cncc(F)c3)n(Cc3ccc(CN4CC5C=C4CN5S)cc3)c2n1. The van der Waals surface area contributed by atoms with Crippen LogP contribution in [0, 0.1) is 12.7 Å². The summed E-state index contributed by atoms with van der Waals surface area (Å²) in [5.74, 6) is 0.163. The largest absolute Gasteiger partial charge is 0.467 e. The maximum Gasteiger partial charge on any atom is 0.318 e. The molecular formula is C25H24FN7OS. The first-order valence-corrected chi connectivity index (χ1v) is 11.8. The van der Waals surface area contributed by atoms with Gasteiger partial charge in [-0.1, -0.05) is 37.1 Å². The van der Waals surface area contributed by atoms with Crippen molar-refractivity contribution < 1.29 is 9.13 Å². The number of imidazole rings is 1. The zero-order chi connectivity index (χ0) is 24.1. The molecule has 4 aromatic rings. The lowest BCUT2D eigenvalue weighted by Crippen LogP contribution is -2.38. The van der Waals surface area contributed by atoms with E-state index in [4.69, 9.17) is 9.72 Å². The van der Waals surface area contributed by atoms with E-state index < -0.39 is 5.82 Å². The third kappa shape index (κ3) is 4.02. The summed E-state index contributed by atoms with van der Waals surface area (Å²) in [4.78, 5) is 20.1. The van der Waals surface area contributed by atoms with Gasteiger partial charge in [-0.2, -0.15) is 9.97 Å². The first-order valence-electron chi connectivity index (χ1n) is 11.4. The molecule has 10 heteroatoms. The van der Waals surface area contributed by atoms with Crippen LogP contribution in [0.3, 0.4) is 0 Å². The number of thiol groups is 1. The van der Waals surface area contributed by atoms with Crippen molar-refractivity contribution in [3.63, 3.8) is 0 Å². The van der Waals surface area contributed by atoms with Crippen LogP contribution in [0.15, 0.2) is 54.5 Å². The van der Waals surface area contributed by atoms with Crippen molar-refractivity contribution in [3.8, 4) is 17.4 Å². The fraction of sp³-hybridized carbons (Fsp3) is 0.280. The van der Waals surface area contributed by atoms with Gasteiger partial charge in [0, 0.05) is 37.1 Å². The Kier molecular flexibility index (Phi) is 5.42. The maximum absolute atomic E-state index is 14.0. The highest BCUT2D eigenvalue weighted by atomic mass is 32.1. The number of benzene rings is 1. The third-order valence-corrected chi connectivity index (χ3v) is 6.97. The Bertz CT molecular complexity index is 1450. The van der Waals surface area contributed by atoms with E-state index in [1.165, 1.54) is 30.6 Å². The highest BCUT2D eigenvalue weighted by Crippen LogP contribution is 2.31. The number of ether oxygens (including phenoxy) is 1. The van der Waals surface area contributed by atoms with Gasteiger partial charge in [-0.25, -0.2) is 13.7 Å². The molecule has 2 bridgehead atoms. The molecule has 0 N–H and O–H groups in total. The van der Waals surface area contributed by atoms with E-state index in [1.54, 1.807) is 6.20 Å². The van der Waals surface area contributed by atoms with Crippen LogP contribution < -0.4 is 4.74 Å². The minimum absolute atomic E-state index is 0.268. The minimum Gasteiger partial charge on any atom is -0.467 e. The van der Waals surface area contributed by atoms with Crippen molar-refractivity contribution in [1.29, 1.82) is 0 Å². The lowest BCUT2D eigenvalue weighted by molar-refractivity contribution is 0.252. The van der Waals surface area contributed by atoms with Gasteiger partial charge in [0.1, 0.15) is 17.2 Å². The average molecular weight is 490 g/mol. The molecule has 2 aliphatic rings. The molecule has 2 aliphatic heterocycles. The number of piperazine rings is 1. The quantitative estimate of drug-likeness (QED) is 0.415. The topological polar surface area (TPSA) is 72.2 Å². The summed E-state index contributed by atoms with van der Waals surface area (Å²) in [7, 11) is 1.54. The molecule has 178 valence electrons. The number of nitrogens with zero attached hydrogens (tertiary/aromatic N) is 7. The Labute approximate surface area is 207 Å². The fourth-order valence-corrected chi connectivity index (χ4v) is 5.05. The van der Waals surface area contributed by atoms with Crippen LogP contribution in [-0.4, -0.2) is 59.9 Å². The van der Waals surface area contributed by atoms with Crippen molar-refractivity contribution in [2.24, 2.45) is 0 Å². The molecule has 1 aromatic carbocycles. The predicted octanol–water partition coefficient (Wildman–Crippen LogP) is 3.62. The monoisotopic (exact) mass is 489 g/mol. The Hall–Kier alpha value is -3.50. The van der Waals surface area contributed by atoms with E-state index in [1.807, 2.05) is 11.5 Å². The summed E-state index contributed by atoms with van der Waals surface area (Å²) in [6.07, 6.45) is 5.08. The first kappa shape index (κ1) is 22.0. The molecule has 1 atom stereocenters. The molecule has 6 rings (SSSR count). The van der Waals surface area contributed by atoms with Gasteiger partial charge in [0.15, 0.2) is 5.65 Å². The van der Waals surface area contributed by atoms with Gasteiger partial charge in [0.05, 0.1) is 31.6 Å². The lowest BCUT2D eigenvalue weighted by atomic mass is 10.1. The highest BCUT2D eigenvalue weighted by molar-refractivity contribution is 7.77. The van der Waals surface area contributed by atoms with E-state index in [9.17, 15) is 4.39 Å². The number of aromatic nitrogens is 5. The summed E-state index contributed by atoms with van der Waals surface area (Å²) < 4.78 is 23.3. The van der Waals surface area contributed by atoms with E-state index in [-0.39, 0.29) is 6.01 Å². The van der Waals surface area contributed by atoms with Crippen molar-refractivity contribution in [3.05, 3.63) is 77.1 Å². The molecule has 0 aliphatic carbocycles. The van der Waals surface area contributed by atoms with Gasteiger partial charge in [-0.3, -0.25) is 4.98 Å². The Balaban J connectivity index is 1.32. The molecule has 8 nitrogen and oxygen atoms in total. The number of pyridine rings is 1. The van der Waals surface area contributed by atoms with Crippen LogP contribution in [0.25, 0.3) is 22.6 Å². The number of halogens is 1. The molecule has 5 heterocycles. The first-order chi connectivity index (χ1) is 17.0.